The Morgan fingerprint density at radius 2 is 1.73 bits per heavy atom. The molecule has 14 nitrogen and oxygen atoms in total. The first-order valence-corrected chi connectivity index (χ1v) is 16.6. The van der Waals surface area contributed by atoms with E-state index < -0.39 is 0 Å². The normalized spacial score (nSPS) is 15.8. The highest BCUT2D eigenvalue weighted by atomic mass is 16.6. The minimum absolute atomic E-state index is 0.0851. The van der Waals surface area contributed by atoms with Crippen molar-refractivity contribution in [1.82, 2.24) is 24.8 Å². The summed E-state index contributed by atoms with van der Waals surface area (Å²) in [4.78, 5) is 45.0. The van der Waals surface area contributed by atoms with Gasteiger partial charge in [-0.3, -0.25) is 9.69 Å². The molecule has 14 heteroatoms. The molecule has 1 aromatic carbocycles. The van der Waals surface area contributed by atoms with Gasteiger partial charge in [0.05, 0.1) is 30.3 Å². The smallest absolute Gasteiger partial charge is 0.410 e. The van der Waals surface area contributed by atoms with Crippen LogP contribution in [0.4, 0.5) is 33.8 Å². The maximum absolute atomic E-state index is 12.8. The fraction of sp³-hybridized carbons (Fsp3) is 0.500. The number of amides is 2. The summed E-state index contributed by atoms with van der Waals surface area (Å²) in [5, 5.41) is 9.57. The van der Waals surface area contributed by atoms with Crippen LogP contribution in [-0.2, 0) is 25.6 Å². The number of benzene rings is 1. The first-order valence-electron chi connectivity index (χ1n) is 16.6. The third-order valence-corrected chi connectivity index (χ3v) is 8.20. The van der Waals surface area contributed by atoms with Crippen LogP contribution in [0.5, 0.6) is 0 Å². The van der Waals surface area contributed by atoms with Crippen molar-refractivity contribution in [2.75, 3.05) is 87.0 Å². The maximum atomic E-state index is 12.8. The van der Waals surface area contributed by atoms with Crippen LogP contribution >= 0.6 is 0 Å². The molecule has 4 heterocycles. The van der Waals surface area contributed by atoms with Crippen LogP contribution in [-0.4, -0.2) is 115 Å². The number of methoxy groups -OCH3 is 1. The Morgan fingerprint density at radius 1 is 0.958 bits per heavy atom. The largest absolute Gasteiger partial charge is 0.445 e. The highest BCUT2D eigenvalue weighted by molar-refractivity contribution is 5.95. The summed E-state index contributed by atoms with van der Waals surface area (Å²) in [5.41, 5.74) is 2.25. The molecule has 0 atom stereocenters. The minimum Gasteiger partial charge on any atom is -0.445 e. The molecule has 2 aliphatic rings. The predicted octanol–water partition coefficient (Wildman–Crippen LogP) is 3.96. The van der Waals surface area contributed by atoms with Gasteiger partial charge in [-0.05, 0) is 38.3 Å². The molecule has 2 aromatic heterocycles. The number of piperazine rings is 1. The lowest BCUT2D eigenvalue weighted by atomic mass is 10.1. The molecule has 258 valence electrons. The molecule has 48 heavy (non-hydrogen) atoms. The van der Waals surface area contributed by atoms with Crippen LogP contribution in [0.25, 0.3) is 0 Å². The van der Waals surface area contributed by atoms with E-state index in [-0.39, 0.29) is 37.4 Å². The van der Waals surface area contributed by atoms with Gasteiger partial charge in [0.1, 0.15) is 24.8 Å². The van der Waals surface area contributed by atoms with Gasteiger partial charge in [-0.2, -0.15) is 4.98 Å². The molecule has 0 radical (unpaired) electrons. The molecule has 2 fully saturated rings. The number of anilines is 5. The number of ether oxygens (including phenoxy) is 3. The molecule has 2 saturated heterocycles. The van der Waals surface area contributed by atoms with Gasteiger partial charge in [0.25, 0.3) is 0 Å². The number of pyridine rings is 1. The molecule has 2 aliphatic heterocycles. The number of carbonyl (C=O) groups excluding carboxylic acids is 2. The third kappa shape index (κ3) is 10.5. The molecule has 3 N–H and O–H groups in total. The van der Waals surface area contributed by atoms with E-state index in [0.29, 0.717) is 49.5 Å². The van der Waals surface area contributed by atoms with Crippen molar-refractivity contribution in [3.63, 3.8) is 0 Å². The van der Waals surface area contributed by atoms with Gasteiger partial charge >= 0.3 is 6.09 Å². The first kappa shape index (κ1) is 34.8. The zero-order chi connectivity index (χ0) is 33.7. The van der Waals surface area contributed by atoms with Gasteiger partial charge in [0, 0.05) is 71.2 Å². The second kappa shape index (κ2) is 17.6. The van der Waals surface area contributed by atoms with Crippen molar-refractivity contribution in [2.24, 2.45) is 0 Å². The fourth-order valence-electron chi connectivity index (χ4n) is 5.56. The van der Waals surface area contributed by atoms with Gasteiger partial charge in [-0.25, -0.2) is 14.8 Å². The van der Waals surface area contributed by atoms with Gasteiger partial charge in [-0.1, -0.05) is 30.3 Å². The predicted molar refractivity (Wildman–Crippen MR) is 185 cm³/mol. The minimum atomic E-state index is -0.298. The zero-order valence-electron chi connectivity index (χ0n) is 28.1. The SMILES string of the molecule is COC1CCN(c2nccc(Nc3cc(NC(C)C)c(NC(=O)COCCN4CCN(C(=O)OCc5ccccc5)CC4)cn3)n2)CC1. The second-order valence-corrected chi connectivity index (χ2v) is 12.2. The monoisotopic (exact) mass is 661 g/mol. The summed E-state index contributed by atoms with van der Waals surface area (Å²) >= 11 is 0. The number of rotatable bonds is 14. The van der Waals surface area contributed by atoms with Crippen LogP contribution < -0.4 is 20.9 Å². The number of nitrogens with one attached hydrogen (secondary N) is 3. The molecule has 0 saturated carbocycles. The summed E-state index contributed by atoms with van der Waals surface area (Å²) in [6.45, 7) is 9.59. The van der Waals surface area contributed by atoms with Crippen LogP contribution in [0.1, 0.15) is 32.3 Å². The van der Waals surface area contributed by atoms with E-state index >= 15 is 0 Å². The summed E-state index contributed by atoms with van der Waals surface area (Å²) < 4.78 is 16.6. The fourth-order valence-corrected chi connectivity index (χ4v) is 5.56. The molecule has 0 aliphatic carbocycles. The van der Waals surface area contributed by atoms with Crippen molar-refractivity contribution in [2.45, 2.75) is 45.4 Å². The summed E-state index contributed by atoms with van der Waals surface area (Å²) in [6.07, 6.45) is 5.21. The molecular weight excluding hydrogens is 614 g/mol. The third-order valence-electron chi connectivity index (χ3n) is 8.20. The van der Waals surface area contributed by atoms with Crippen molar-refractivity contribution in [1.29, 1.82) is 0 Å². The lowest BCUT2D eigenvalue weighted by Gasteiger charge is -2.33. The quantitative estimate of drug-likeness (QED) is 0.215. The Bertz CT molecular complexity index is 1460. The van der Waals surface area contributed by atoms with Crippen molar-refractivity contribution < 1.29 is 23.8 Å². The summed E-state index contributed by atoms with van der Waals surface area (Å²) in [6, 6.07) is 13.4. The van der Waals surface area contributed by atoms with E-state index in [1.807, 2.05) is 50.2 Å². The molecular formula is C34H47N9O5. The lowest BCUT2D eigenvalue weighted by molar-refractivity contribution is -0.120. The first-order chi connectivity index (χ1) is 23.4. The average molecular weight is 662 g/mol. The zero-order valence-corrected chi connectivity index (χ0v) is 28.1. The van der Waals surface area contributed by atoms with E-state index in [0.717, 1.165) is 50.3 Å². The summed E-state index contributed by atoms with van der Waals surface area (Å²) in [7, 11) is 1.75. The van der Waals surface area contributed by atoms with E-state index in [1.165, 1.54) is 0 Å². The highest BCUT2D eigenvalue weighted by Gasteiger charge is 2.23. The van der Waals surface area contributed by atoms with Gasteiger partial charge < -0.3 is 40.0 Å². The van der Waals surface area contributed by atoms with Crippen LogP contribution in [0.3, 0.4) is 0 Å². The molecule has 0 bridgehead atoms. The van der Waals surface area contributed by atoms with E-state index in [4.69, 9.17) is 19.2 Å². The Hall–Kier alpha value is -4.53. The molecule has 3 aromatic rings. The number of piperidine rings is 1. The van der Waals surface area contributed by atoms with Crippen LogP contribution in [0, 0.1) is 0 Å². The summed E-state index contributed by atoms with van der Waals surface area (Å²) in [5.74, 6) is 1.61. The molecule has 0 unspecified atom stereocenters. The van der Waals surface area contributed by atoms with Crippen LogP contribution in [0.15, 0.2) is 54.9 Å². The van der Waals surface area contributed by atoms with Crippen molar-refractivity contribution >= 4 is 41.0 Å². The van der Waals surface area contributed by atoms with Crippen molar-refractivity contribution in [3.8, 4) is 0 Å². The number of hydrogen-bond acceptors (Lipinski definition) is 12. The van der Waals surface area contributed by atoms with E-state index in [9.17, 15) is 9.59 Å². The highest BCUT2D eigenvalue weighted by Crippen LogP contribution is 2.27. The van der Waals surface area contributed by atoms with Crippen molar-refractivity contribution in [3.05, 3.63) is 60.4 Å². The number of hydrogen-bond donors (Lipinski definition) is 3. The van der Waals surface area contributed by atoms with Gasteiger partial charge in [0.15, 0.2) is 0 Å². The van der Waals surface area contributed by atoms with Gasteiger partial charge in [-0.15, -0.1) is 0 Å². The van der Waals surface area contributed by atoms with E-state index in [1.54, 1.807) is 30.5 Å². The Morgan fingerprint density at radius 3 is 2.46 bits per heavy atom. The molecule has 5 rings (SSSR count). The van der Waals surface area contributed by atoms with Crippen LogP contribution in [0.2, 0.25) is 0 Å². The topological polar surface area (TPSA) is 146 Å². The standard InChI is InChI=1S/C34H47N9O5/c1-25(2)37-28-21-31(39-30-9-12-35-33(40-30)42-13-10-27(46-3)11-14-42)36-22-29(28)38-32(44)24-47-20-19-41-15-17-43(18-16-41)34(45)48-23-26-7-5-4-6-8-26/h4-9,12,21-22,25,27H,10-11,13-20,23-24H2,1-3H3,(H,38,44)(H2,35,36,37,39,40). The average Bonchev–Trinajstić information content (AvgIpc) is 3.11. The molecule has 0 spiro atoms. The molecule has 2 amide bonds. The number of carbonyl (C=O) groups is 2. The number of nitrogens with zero attached hydrogens (tertiary/aromatic N) is 6. The Kier molecular flexibility index (Phi) is 12.7. The second-order valence-electron chi connectivity index (χ2n) is 12.2. The number of aromatic nitrogens is 3. The lowest BCUT2D eigenvalue weighted by Crippen LogP contribution is -2.49. The Labute approximate surface area is 282 Å². The van der Waals surface area contributed by atoms with E-state index in [2.05, 4.69) is 35.7 Å². The Balaban J connectivity index is 1.04. The van der Waals surface area contributed by atoms with Gasteiger partial charge in [0.2, 0.25) is 11.9 Å². The maximum Gasteiger partial charge on any atom is 0.410 e.